The fraction of sp³-hybridized carbons (Fsp3) is 0.105. The van der Waals surface area contributed by atoms with Gasteiger partial charge >= 0.3 is 0 Å². The molecule has 2 heterocycles. The van der Waals surface area contributed by atoms with Crippen molar-refractivity contribution < 1.29 is 4.39 Å². The number of hydrogen-bond acceptors (Lipinski definition) is 6. The van der Waals surface area contributed by atoms with Gasteiger partial charge in [0, 0.05) is 11.4 Å². The van der Waals surface area contributed by atoms with Crippen LogP contribution in [0.1, 0.15) is 11.1 Å². The smallest absolute Gasteiger partial charge is 0.189 e. The summed E-state index contributed by atoms with van der Waals surface area (Å²) in [5, 5.41) is 7.31. The third kappa shape index (κ3) is 3.21. The molecule has 2 aromatic carbocycles. The van der Waals surface area contributed by atoms with Gasteiger partial charge in [0.05, 0.1) is 0 Å². The van der Waals surface area contributed by atoms with E-state index in [9.17, 15) is 4.39 Å². The maximum Gasteiger partial charge on any atom is 0.189 e. The minimum Gasteiger partial charge on any atom is -0.338 e. The molecule has 0 unspecified atom stereocenters. The van der Waals surface area contributed by atoms with Crippen molar-refractivity contribution in [1.29, 1.82) is 0 Å². The summed E-state index contributed by atoms with van der Waals surface area (Å²) in [5.41, 5.74) is 4.77. The number of nitrogens with one attached hydrogen (secondary N) is 2. The average Bonchev–Trinajstić information content (AvgIpc) is 3.04. The van der Waals surface area contributed by atoms with Gasteiger partial charge in [-0.25, -0.2) is 19.3 Å². The molecule has 0 atom stereocenters. The second-order valence-corrected chi connectivity index (χ2v) is 6.90. The number of anilines is 4. The minimum absolute atomic E-state index is 0.280. The van der Waals surface area contributed by atoms with Gasteiger partial charge in [0.2, 0.25) is 0 Å². The summed E-state index contributed by atoms with van der Waals surface area (Å²) in [6.45, 7) is 4.12. The molecular weight excluding hydrogens is 349 g/mol. The highest BCUT2D eigenvalue weighted by Gasteiger charge is 2.12. The molecule has 2 aromatic heterocycles. The predicted molar refractivity (Wildman–Crippen MR) is 104 cm³/mol. The van der Waals surface area contributed by atoms with Gasteiger partial charge in [0.1, 0.15) is 17.7 Å². The molecule has 0 radical (unpaired) electrons. The van der Waals surface area contributed by atoms with Crippen LogP contribution in [-0.4, -0.2) is 15.0 Å². The van der Waals surface area contributed by atoms with Gasteiger partial charge in [-0.3, -0.25) is 0 Å². The van der Waals surface area contributed by atoms with Crippen molar-refractivity contribution in [2.24, 2.45) is 0 Å². The number of halogens is 1. The van der Waals surface area contributed by atoms with Gasteiger partial charge in [-0.05, 0) is 49.2 Å². The van der Waals surface area contributed by atoms with Crippen LogP contribution in [-0.2, 0) is 0 Å². The van der Waals surface area contributed by atoms with E-state index in [1.165, 1.54) is 29.8 Å². The Labute approximate surface area is 154 Å². The summed E-state index contributed by atoms with van der Waals surface area (Å²) in [6.07, 6.45) is 1.50. The van der Waals surface area contributed by atoms with Gasteiger partial charge in [0.25, 0.3) is 0 Å². The number of para-hydroxylation sites is 1. The van der Waals surface area contributed by atoms with Gasteiger partial charge < -0.3 is 10.6 Å². The molecule has 0 aliphatic rings. The van der Waals surface area contributed by atoms with E-state index in [-0.39, 0.29) is 5.82 Å². The summed E-state index contributed by atoms with van der Waals surface area (Å²) >= 11 is 1.46. The molecule has 4 rings (SSSR count). The van der Waals surface area contributed by atoms with Crippen LogP contribution in [0.2, 0.25) is 0 Å². The Kier molecular flexibility index (Phi) is 4.22. The lowest BCUT2D eigenvalue weighted by molar-refractivity contribution is 0.628. The van der Waals surface area contributed by atoms with Crippen molar-refractivity contribution in [2.75, 3.05) is 10.6 Å². The average molecular weight is 365 g/mol. The summed E-state index contributed by atoms with van der Waals surface area (Å²) in [7, 11) is 0. The Hall–Kier alpha value is -3.06. The molecule has 5 nitrogen and oxygen atoms in total. The highest BCUT2D eigenvalue weighted by atomic mass is 32.1. The zero-order valence-electron chi connectivity index (χ0n) is 14.2. The number of thiazole rings is 1. The van der Waals surface area contributed by atoms with Crippen LogP contribution in [0.3, 0.4) is 0 Å². The molecule has 0 spiro atoms. The fourth-order valence-corrected chi connectivity index (χ4v) is 3.50. The number of fused-ring (bicyclic) bond motifs is 1. The van der Waals surface area contributed by atoms with Gasteiger partial charge in [-0.15, -0.1) is 0 Å². The summed E-state index contributed by atoms with van der Waals surface area (Å²) in [6, 6.07) is 12.3. The standard InChI is InChI=1S/C19H16FN5S/c1-11-4-3-5-12(2)15(11)24-19-25-16-17(21-10-22-18(16)26-19)23-14-8-6-13(20)7-9-14/h3-10H,1-2H3,(H,24,25)(H,21,22,23). The first-order chi connectivity index (χ1) is 12.6. The van der Waals surface area contributed by atoms with E-state index in [2.05, 4.69) is 51.6 Å². The molecule has 0 saturated carbocycles. The highest BCUT2D eigenvalue weighted by Crippen LogP contribution is 2.32. The highest BCUT2D eigenvalue weighted by molar-refractivity contribution is 7.21. The monoisotopic (exact) mass is 365 g/mol. The number of hydrogen-bond donors (Lipinski definition) is 2. The van der Waals surface area contributed by atoms with Crippen LogP contribution in [0, 0.1) is 19.7 Å². The van der Waals surface area contributed by atoms with Gasteiger partial charge in [-0.2, -0.15) is 0 Å². The lowest BCUT2D eigenvalue weighted by atomic mass is 10.1. The van der Waals surface area contributed by atoms with E-state index in [1.54, 1.807) is 12.1 Å². The van der Waals surface area contributed by atoms with E-state index < -0.39 is 0 Å². The second kappa shape index (κ2) is 6.68. The van der Waals surface area contributed by atoms with Crippen LogP contribution >= 0.6 is 11.3 Å². The largest absolute Gasteiger partial charge is 0.338 e. The van der Waals surface area contributed by atoms with Crippen molar-refractivity contribution in [3.05, 3.63) is 65.7 Å². The zero-order valence-corrected chi connectivity index (χ0v) is 15.1. The first-order valence-corrected chi connectivity index (χ1v) is 8.89. The number of aryl methyl sites for hydroxylation is 2. The Morgan fingerprint density at radius 2 is 1.65 bits per heavy atom. The molecule has 2 N–H and O–H groups in total. The van der Waals surface area contributed by atoms with Crippen LogP contribution in [0.5, 0.6) is 0 Å². The lowest BCUT2D eigenvalue weighted by Crippen LogP contribution is -1.97. The van der Waals surface area contributed by atoms with E-state index in [0.717, 1.165) is 32.5 Å². The van der Waals surface area contributed by atoms with E-state index in [0.29, 0.717) is 11.3 Å². The topological polar surface area (TPSA) is 62.7 Å². The third-order valence-electron chi connectivity index (χ3n) is 4.02. The minimum atomic E-state index is -0.280. The summed E-state index contributed by atoms with van der Waals surface area (Å²) < 4.78 is 13.1. The molecule has 0 aliphatic carbocycles. The Balaban J connectivity index is 1.68. The number of nitrogens with zero attached hydrogens (tertiary/aromatic N) is 3. The van der Waals surface area contributed by atoms with Crippen LogP contribution < -0.4 is 10.6 Å². The zero-order chi connectivity index (χ0) is 18.1. The van der Waals surface area contributed by atoms with Crippen LogP contribution in [0.4, 0.5) is 26.7 Å². The molecular formula is C19H16FN5S. The van der Waals surface area contributed by atoms with Crippen molar-refractivity contribution in [1.82, 2.24) is 15.0 Å². The maximum atomic E-state index is 13.1. The normalized spacial score (nSPS) is 10.9. The summed E-state index contributed by atoms with van der Waals surface area (Å²) in [5.74, 6) is 0.310. The fourth-order valence-electron chi connectivity index (χ4n) is 2.69. The molecule has 0 saturated heterocycles. The molecule has 0 amide bonds. The predicted octanol–water partition coefficient (Wildman–Crippen LogP) is 5.33. The lowest BCUT2D eigenvalue weighted by Gasteiger charge is -2.09. The van der Waals surface area contributed by atoms with Gasteiger partial charge in [0.15, 0.2) is 15.8 Å². The Morgan fingerprint density at radius 1 is 0.923 bits per heavy atom. The Morgan fingerprint density at radius 3 is 2.38 bits per heavy atom. The first kappa shape index (κ1) is 16.4. The second-order valence-electron chi connectivity index (χ2n) is 5.92. The third-order valence-corrected chi connectivity index (χ3v) is 4.89. The van der Waals surface area contributed by atoms with Crippen molar-refractivity contribution in [2.45, 2.75) is 13.8 Å². The molecule has 0 bridgehead atoms. The van der Waals surface area contributed by atoms with Crippen molar-refractivity contribution in [3.63, 3.8) is 0 Å². The van der Waals surface area contributed by atoms with E-state index in [1.807, 2.05) is 6.07 Å². The van der Waals surface area contributed by atoms with Crippen molar-refractivity contribution >= 4 is 44.0 Å². The molecule has 0 aliphatic heterocycles. The van der Waals surface area contributed by atoms with Crippen molar-refractivity contribution in [3.8, 4) is 0 Å². The molecule has 130 valence electrons. The number of aromatic nitrogens is 3. The number of rotatable bonds is 4. The number of benzene rings is 2. The van der Waals surface area contributed by atoms with E-state index >= 15 is 0 Å². The SMILES string of the molecule is Cc1cccc(C)c1Nc1nc2c(Nc3ccc(F)cc3)ncnc2s1. The van der Waals surface area contributed by atoms with Crippen LogP contribution in [0.25, 0.3) is 10.3 Å². The molecule has 7 heteroatoms. The molecule has 4 aromatic rings. The quantitative estimate of drug-likeness (QED) is 0.512. The molecule has 0 fully saturated rings. The molecule has 26 heavy (non-hydrogen) atoms. The maximum absolute atomic E-state index is 13.1. The summed E-state index contributed by atoms with van der Waals surface area (Å²) in [4.78, 5) is 14.0. The van der Waals surface area contributed by atoms with Gasteiger partial charge in [-0.1, -0.05) is 29.5 Å². The van der Waals surface area contributed by atoms with E-state index in [4.69, 9.17) is 0 Å². The van der Waals surface area contributed by atoms with Crippen LogP contribution in [0.15, 0.2) is 48.8 Å². The first-order valence-electron chi connectivity index (χ1n) is 8.07. The Bertz CT molecular complexity index is 1050.